The molecule has 0 saturated carbocycles. The molecule has 0 atom stereocenters. The van der Waals surface area contributed by atoms with Crippen molar-refractivity contribution in [2.45, 2.75) is 6.92 Å². The van der Waals surface area contributed by atoms with E-state index in [9.17, 15) is 0 Å². The van der Waals surface area contributed by atoms with Crippen molar-refractivity contribution in [2.75, 3.05) is 0 Å². The van der Waals surface area contributed by atoms with E-state index in [-0.39, 0.29) is 0 Å². The lowest BCUT2D eigenvalue weighted by molar-refractivity contribution is 0.668. The van der Waals surface area contributed by atoms with E-state index in [0.717, 1.165) is 66.3 Å². The number of rotatable bonds is 4. The van der Waals surface area contributed by atoms with E-state index in [1.807, 2.05) is 66.7 Å². The Morgan fingerprint density at radius 2 is 1.07 bits per heavy atom. The van der Waals surface area contributed by atoms with Crippen molar-refractivity contribution in [1.29, 1.82) is 0 Å². The summed E-state index contributed by atoms with van der Waals surface area (Å²) < 4.78 is 9.20. The normalized spacial score (nSPS) is 11.7. The van der Waals surface area contributed by atoms with Gasteiger partial charge >= 0.3 is 0 Å². The van der Waals surface area contributed by atoms with Gasteiger partial charge in [-0.05, 0) is 36.8 Å². The molecule has 5 heteroatoms. The van der Waals surface area contributed by atoms with Crippen molar-refractivity contribution in [3.05, 3.63) is 145 Å². The molecular weight excluding hydrogens is 552 g/mol. The van der Waals surface area contributed by atoms with E-state index in [1.165, 1.54) is 5.39 Å². The largest absolute Gasteiger partial charge is 0.454 e. The van der Waals surface area contributed by atoms with Crippen LogP contribution in [0.4, 0.5) is 0 Å². The second-order valence-corrected chi connectivity index (χ2v) is 11.3. The van der Waals surface area contributed by atoms with E-state index < -0.39 is 0 Å². The highest BCUT2D eigenvalue weighted by molar-refractivity contribution is 6.23. The molecule has 6 aromatic carbocycles. The highest BCUT2D eigenvalue weighted by atomic mass is 16.3. The first-order valence-electron chi connectivity index (χ1n) is 15.1. The van der Waals surface area contributed by atoms with E-state index in [1.54, 1.807) is 0 Å². The lowest BCUT2D eigenvalue weighted by atomic mass is 10.0. The van der Waals surface area contributed by atoms with Crippen LogP contribution in [0.3, 0.4) is 0 Å². The number of para-hydroxylation sites is 2. The fourth-order valence-electron chi connectivity index (χ4n) is 6.48. The Labute approximate surface area is 259 Å². The van der Waals surface area contributed by atoms with Gasteiger partial charge in [0.25, 0.3) is 0 Å². The predicted octanol–water partition coefficient (Wildman–Crippen LogP) is 10.2. The van der Waals surface area contributed by atoms with Gasteiger partial charge in [0, 0.05) is 43.9 Å². The van der Waals surface area contributed by atoms with E-state index in [0.29, 0.717) is 17.5 Å². The number of hydrogen-bond donors (Lipinski definition) is 0. The maximum absolute atomic E-state index is 6.89. The summed E-state index contributed by atoms with van der Waals surface area (Å²) in [6.45, 7) is 2.09. The van der Waals surface area contributed by atoms with Crippen molar-refractivity contribution in [3.63, 3.8) is 0 Å². The Hall–Kier alpha value is -6.07. The Balaban J connectivity index is 1.38. The number of hydrogen-bond acceptors (Lipinski definition) is 4. The zero-order chi connectivity index (χ0) is 29.9. The topological polar surface area (TPSA) is 56.7 Å². The first-order valence-corrected chi connectivity index (χ1v) is 15.1. The third-order valence-electron chi connectivity index (χ3n) is 8.57. The predicted molar refractivity (Wildman–Crippen MR) is 182 cm³/mol. The van der Waals surface area contributed by atoms with Crippen LogP contribution in [-0.4, -0.2) is 19.5 Å². The molecular formula is C40H26N4O. The molecule has 0 bridgehead atoms. The number of fused-ring (bicyclic) bond motifs is 7. The van der Waals surface area contributed by atoms with Gasteiger partial charge in [-0.15, -0.1) is 0 Å². The molecule has 9 rings (SSSR count). The fraction of sp³-hybridized carbons (Fsp3) is 0.0250. The van der Waals surface area contributed by atoms with Crippen LogP contribution in [-0.2, 0) is 0 Å². The molecule has 0 aliphatic rings. The van der Waals surface area contributed by atoms with Crippen molar-refractivity contribution in [2.24, 2.45) is 0 Å². The summed E-state index contributed by atoms with van der Waals surface area (Å²) in [6.07, 6.45) is 0. The average Bonchev–Trinajstić information content (AvgIpc) is 3.67. The molecule has 9 aromatic rings. The van der Waals surface area contributed by atoms with E-state index in [2.05, 4.69) is 84.3 Å². The molecule has 0 spiro atoms. The highest BCUT2D eigenvalue weighted by Gasteiger charge is 2.23. The average molecular weight is 579 g/mol. The summed E-state index contributed by atoms with van der Waals surface area (Å²) in [4.78, 5) is 15.0. The van der Waals surface area contributed by atoms with Crippen LogP contribution in [0, 0.1) is 6.92 Å². The second-order valence-electron chi connectivity index (χ2n) is 11.3. The van der Waals surface area contributed by atoms with E-state index in [4.69, 9.17) is 19.4 Å². The van der Waals surface area contributed by atoms with Crippen LogP contribution in [0.2, 0.25) is 0 Å². The van der Waals surface area contributed by atoms with Gasteiger partial charge < -0.3 is 8.98 Å². The van der Waals surface area contributed by atoms with Crippen LogP contribution < -0.4 is 0 Å². The molecule has 0 fully saturated rings. The van der Waals surface area contributed by atoms with Crippen LogP contribution in [0.15, 0.2) is 144 Å². The van der Waals surface area contributed by atoms with Crippen molar-refractivity contribution in [3.8, 4) is 39.9 Å². The molecule has 0 radical (unpaired) electrons. The van der Waals surface area contributed by atoms with Crippen LogP contribution in [0.5, 0.6) is 0 Å². The molecule has 3 aromatic heterocycles. The minimum atomic E-state index is 0.610. The summed E-state index contributed by atoms with van der Waals surface area (Å²) in [5.41, 5.74) is 8.80. The maximum Gasteiger partial charge on any atom is 0.164 e. The Morgan fingerprint density at radius 1 is 0.489 bits per heavy atom. The standard InChI is InChI=1S/C40H26N4O/c1-25-21-22-32(40-42-38(26-13-5-2-6-14-26)41-39(43-40)27-15-7-3-8-16-27)34-31-24-23-30-29-19-11-12-20-33(29)44(28-17-9-4-10-18-28)35(30)37(31)45-36(25)34/h2-24H,1H3. The summed E-state index contributed by atoms with van der Waals surface area (Å²) in [5, 5.41) is 4.37. The SMILES string of the molecule is Cc1ccc(-c2nc(-c3ccccc3)nc(-c3ccccc3)n2)c2c1oc1c2ccc2c3ccccc3n(-c3ccccc3)c21. The quantitative estimate of drug-likeness (QED) is 0.208. The Kier molecular flexibility index (Phi) is 5.65. The molecule has 0 unspecified atom stereocenters. The Morgan fingerprint density at radius 3 is 1.76 bits per heavy atom. The fourth-order valence-corrected chi connectivity index (χ4v) is 6.48. The number of aromatic nitrogens is 4. The van der Waals surface area contributed by atoms with Gasteiger partial charge in [-0.25, -0.2) is 15.0 Å². The van der Waals surface area contributed by atoms with Crippen LogP contribution >= 0.6 is 0 Å². The van der Waals surface area contributed by atoms with Crippen molar-refractivity contribution >= 4 is 43.7 Å². The zero-order valence-electron chi connectivity index (χ0n) is 24.5. The zero-order valence-corrected chi connectivity index (χ0v) is 24.5. The summed E-state index contributed by atoms with van der Waals surface area (Å²) in [6, 6.07) is 47.8. The molecule has 0 saturated heterocycles. The smallest absolute Gasteiger partial charge is 0.164 e. The third kappa shape index (κ3) is 3.98. The second kappa shape index (κ2) is 10.00. The summed E-state index contributed by atoms with van der Waals surface area (Å²) in [7, 11) is 0. The maximum atomic E-state index is 6.89. The van der Waals surface area contributed by atoms with Crippen LogP contribution in [0.1, 0.15) is 5.56 Å². The van der Waals surface area contributed by atoms with Gasteiger partial charge in [0.05, 0.1) is 11.0 Å². The van der Waals surface area contributed by atoms with Gasteiger partial charge in [-0.2, -0.15) is 0 Å². The van der Waals surface area contributed by atoms with Crippen molar-refractivity contribution < 1.29 is 4.42 Å². The van der Waals surface area contributed by atoms with Gasteiger partial charge in [0.1, 0.15) is 5.58 Å². The Bertz CT molecular complexity index is 2470. The summed E-state index contributed by atoms with van der Waals surface area (Å²) in [5.74, 6) is 1.87. The highest BCUT2D eigenvalue weighted by Crippen LogP contribution is 2.43. The molecule has 5 nitrogen and oxygen atoms in total. The minimum absolute atomic E-state index is 0.610. The third-order valence-corrected chi connectivity index (χ3v) is 8.57. The van der Waals surface area contributed by atoms with E-state index >= 15 is 0 Å². The first-order chi connectivity index (χ1) is 22.2. The molecule has 0 aliphatic carbocycles. The molecule has 0 amide bonds. The first kappa shape index (κ1) is 25.4. The van der Waals surface area contributed by atoms with Gasteiger partial charge in [0.2, 0.25) is 0 Å². The number of aryl methyl sites for hydroxylation is 1. The molecule has 0 N–H and O–H groups in total. The summed E-state index contributed by atoms with van der Waals surface area (Å²) >= 11 is 0. The van der Waals surface area contributed by atoms with Crippen molar-refractivity contribution in [1.82, 2.24) is 19.5 Å². The monoisotopic (exact) mass is 578 g/mol. The molecule has 212 valence electrons. The van der Waals surface area contributed by atoms with Gasteiger partial charge in [-0.1, -0.05) is 115 Å². The molecule has 0 aliphatic heterocycles. The number of nitrogens with zero attached hydrogens (tertiary/aromatic N) is 4. The lowest BCUT2D eigenvalue weighted by Crippen LogP contribution is -2.00. The molecule has 3 heterocycles. The van der Waals surface area contributed by atoms with Crippen LogP contribution in [0.25, 0.3) is 83.6 Å². The van der Waals surface area contributed by atoms with Gasteiger partial charge in [-0.3, -0.25) is 0 Å². The number of benzene rings is 6. The lowest BCUT2D eigenvalue weighted by Gasteiger charge is -2.10. The number of furan rings is 1. The molecule has 45 heavy (non-hydrogen) atoms. The van der Waals surface area contributed by atoms with Gasteiger partial charge in [0.15, 0.2) is 23.1 Å². The minimum Gasteiger partial charge on any atom is -0.454 e.